The number of aliphatic hydroxyl groups excluding tert-OH is 1. The molecule has 0 radical (unpaired) electrons. The number of aliphatic hydroxyl groups is 1. The van der Waals surface area contributed by atoms with E-state index in [0.717, 1.165) is 44.0 Å². The van der Waals surface area contributed by atoms with Crippen molar-refractivity contribution in [1.82, 2.24) is 4.90 Å². The van der Waals surface area contributed by atoms with Gasteiger partial charge in [0, 0.05) is 22.1 Å². The third-order valence-electron chi connectivity index (χ3n) is 9.23. The summed E-state index contributed by atoms with van der Waals surface area (Å²) in [5, 5.41) is 9.62. The average molecular weight is 672 g/mol. The molecule has 49 heavy (non-hydrogen) atoms. The maximum atomic E-state index is 13.0. The lowest BCUT2D eigenvalue weighted by Crippen LogP contribution is -2.38. The summed E-state index contributed by atoms with van der Waals surface area (Å²) in [6, 6.07) is 38.9. The van der Waals surface area contributed by atoms with Crippen molar-refractivity contribution in [3.63, 3.8) is 0 Å². The van der Waals surface area contributed by atoms with Gasteiger partial charge in [0.05, 0.1) is 43.6 Å². The predicted molar refractivity (Wildman–Crippen MR) is 189 cm³/mol. The van der Waals surface area contributed by atoms with E-state index < -0.39 is 6.29 Å². The van der Waals surface area contributed by atoms with Gasteiger partial charge in [-0.2, -0.15) is 0 Å². The summed E-state index contributed by atoms with van der Waals surface area (Å²) in [5.74, 6) is 1.03. The topological polar surface area (TPSA) is 85.3 Å². The molecule has 0 aromatic heterocycles. The highest BCUT2D eigenvalue weighted by Gasteiger charge is 2.39. The van der Waals surface area contributed by atoms with Crippen LogP contribution in [0.4, 0.5) is 0 Å². The summed E-state index contributed by atoms with van der Waals surface area (Å²) in [5.41, 5.74) is 6.44. The van der Waals surface area contributed by atoms with Gasteiger partial charge in [0.25, 0.3) is 11.8 Å². The molecule has 8 heteroatoms. The second-order valence-corrected chi connectivity index (χ2v) is 13.4. The number of nitrogens with zero attached hydrogens (tertiary/aromatic N) is 1. The molecule has 2 heterocycles. The molecule has 7 rings (SSSR count). The summed E-state index contributed by atoms with van der Waals surface area (Å²) < 4.78 is 19.1. The number of imide groups is 1. The number of thioether (sulfide) groups is 1. The molecule has 1 saturated heterocycles. The Kier molecular flexibility index (Phi) is 9.64. The van der Waals surface area contributed by atoms with E-state index in [4.69, 9.17) is 14.2 Å². The Labute approximate surface area is 290 Å². The minimum atomic E-state index is -0.622. The van der Waals surface area contributed by atoms with Gasteiger partial charge < -0.3 is 19.3 Å². The molecular formula is C41H37NO6S. The fourth-order valence-electron chi connectivity index (χ4n) is 6.50. The van der Waals surface area contributed by atoms with Crippen LogP contribution in [-0.4, -0.2) is 40.8 Å². The molecule has 5 aromatic rings. The predicted octanol–water partition coefficient (Wildman–Crippen LogP) is 8.23. The minimum absolute atomic E-state index is 0.0163. The Morgan fingerprint density at radius 3 is 2.12 bits per heavy atom. The summed E-state index contributed by atoms with van der Waals surface area (Å²) in [4.78, 5) is 28.4. The van der Waals surface area contributed by atoms with Gasteiger partial charge in [0.1, 0.15) is 5.75 Å². The van der Waals surface area contributed by atoms with Crippen LogP contribution >= 0.6 is 11.8 Å². The van der Waals surface area contributed by atoms with E-state index in [-0.39, 0.29) is 43.1 Å². The van der Waals surface area contributed by atoms with Gasteiger partial charge in [-0.3, -0.25) is 14.5 Å². The first-order valence-electron chi connectivity index (χ1n) is 16.3. The number of rotatable bonds is 10. The second kappa shape index (κ2) is 14.4. The molecule has 1 N–H and O–H groups in total. The van der Waals surface area contributed by atoms with E-state index in [9.17, 15) is 14.7 Å². The smallest absolute Gasteiger partial charge is 0.261 e. The molecule has 1 fully saturated rings. The zero-order valence-electron chi connectivity index (χ0n) is 27.3. The first kappa shape index (κ1) is 32.8. The quantitative estimate of drug-likeness (QED) is 0.118. The van der Waals surface area contributed by atoms with Crippen molar-refractivity contribution in [1.29, 1.82) is 0 Å². The third kappa shape index (κ3) is 6.78. The summed E-state index contributed by atoms with van der Waals surface area (Å²) in [7, 11) is 1.68. The largest absolute Gasteiger partial charge is 0.496 e. The van der Waals surface area contributed by atoms with Gasteiger partial charge >= 0.3 is 0 Å². The van der Waals surface area contributed by atoms with Gasteiger partial charge in [-0.25, -0.2) is 0 Å². The Hall–Kier alpha value is -4.73. The van der Waals surface area contributed by atoms with Crippen LogP contribution in [0.2, 0.25) is 0 Å². The molecule has 7 nitrogen and oxygen atoms in total. The van der Waals surface area contributed by atoms with Crippen molar-refractivity contribution in [2.45, 2.75) is 43.5 Å². The molecule has 5 aromatic carbocycles. The van der Waals surface area contributed by atoms with Crippen LogP contribution in [-0.2, 0) is 22.6 Å². The van der Waals surface area contributed by atoms with Crippen LogP contribution in [0, 0.1) is 5.92 Å². The maximum absolute atomic E-state index is 13.0. The van der Waals surface area contributed by atoms with Crippen molar-refractivity contribution in [3.8, 4) is 16.9 Å². The monoisotopic (exact) mass is 671 g/mol. The van der Waals surface area contributed by atoms with Crippen LogP contribution in [0.25, 0.3) is 11.1 Å². The third-order valence-corrected chi connectivity index (χ3v) is 10.4. The van der Waals surface area contributed by atoms with Gasteiger partial charge in [0.2, 0.25) is 0 Å². The Bertz CT molecular complexity index is 1940. The van der Waals surface area contributed by atoms with Gasteiger partial charge in [-0.05, 0) is 64.2 Å². The van der Waals surface area contributed by atoms with Crippen molar-refractivity contribution >= 4 is 23.6 Å². The first-order chi connectivity index (χ1) is 23.9. The summed E-state index contributed by atoms with van der Waals surface area (Å²) >= 11 is 1.70. The molecular weight excluding hydrogens is 635 g/mol. The fourth-order valence-corrected chi connectivity index (χ4v) is 7.69. The molecule has 4 atom stereocenters. The number of hydrogen-bond acceptors (Lipinski definition) is 7. The lowest BCUT2D eigenvalue weighted by molar-refractivity contribution is -0.268. The highest BCUT2D eigenvalue weighted by molar-refractivity contribution is 7.99. The molecule has 0 spiro atoms. The first-order valence-corrected chi connectivity index (χ1v) is 17.3. The normalized spacial score (nSPS) is 20.3. The van der Waals surface area contributed by atoms with E-state index >= 15 is 0 Å². The number of amides is 2. The van der Waals surface area contributed by atoms with E-state index in [2.05, 4.69) is 19.1 Å². The lowest BCUT2D eigenvalue weighted by atomic mass is 9.91. The Morgan fingerprint density at radius 1 is 0.735 bits per heavy atom. The van der Waals surface area contributed by atoms with Crippen LogP contribution < -0.4 is 4.74 Å². The fraction of sp³-hybridized carbons (Fsp3) is 0.220. The standard InChI is InChI=1S/C41H37NO6S/c1-26-36(25-49-37-16-6-5-15-35(37)46-2)47-41(48-38(26)29-19-17-27(24-43)18-20-29)32-12-8-11-31(22-32)30-10-7-9-28(21-30)23-42-39(44)33-13-3-4-14-34(33)40(42)45/h3-22,26,36,38,41,43H,23-25H2,1-2H3. The molecule has 2 aliphatic rings. The van der Waals surface area contributed by atoms with Crippen LogP contribution in [0.15, 0.2) is 126 Å². The molecule has 2 aliphatic heterocycles. The number of para-hydroxylation sites is 1. The van der Waals surface area contributed by atoms with Gasteiger partial charge in [-0.1, -0.05) is 91.9 Å². The number of methoxy groups -OCH3 is 1. The SMILES string of the molecule is COc1ccccc1SCC1OC(c2cccc(-c3cccc(CN4C(=O)c5ccccc5C4=O)c3)c2)OC(c2ccc(CO)cc2)C1C. The van der Waals surface area contributed by atoms with Crippen molar-refractivity contribution in [2.24, 2.45) is 5.92 Å². The van der Waals surface area contributed by atoms with E-state index in [1.54, 1.807) is 43.1 Å². The van der Waals surface area contributed by atoms with Gasteiger partial charge in [0.15, 0.2) is 6.29 Å². The number of carbonyl (C=O) groups is 2. The van der Waals surface area contributed by atoms with Gasteiger partial charge in [-0.15, -0.1) is 11.8 Å². The average Bonchev–Trinajstić information content (AvgIpc) is 3.39. The number of benzene rings is 5. The van der Waals surface area contributed by atoms with E-state index in [1.165, 1.54) is 4.90 Å². The maximum Gasteiger partial charge on any atom is 0.261 e. The van der Waals surface area contributed by atoms with Crippen LogP contribution in [0.5, 0.6) is 5.75 Å². The minimum Gasteiger partial charge on any atom is -0.496 e. The molecule has 0 aliphatic carbocycles. The molecule has 4 unspecified atom stereocenters. The zero-order chi connectivity index (χ0) is 33.9. The number of ether oxygens (including phenoxy) is 3. The second-order valence-electron chi connectivity index (χ2n) is 12.4. The number of carbonyl (C=O) groups excluding carboxylic acids is 2. The Balaban J connectivity index is 1.14. The van der Waals surface area contributed by atoms with E-state index in [0.29, 0.717) is 16.9 Å². The van der Waals surface area contributed by atoms with Crippen molar-refractivity contribution in [3.05, 3.63) is 155 Å². The molecule has 248 valence electrons. The molecule has 2 amide bonds. The zero-order valence-corrected chi connectivity index (χ0v) is 28.1. The Morgan fingerprint density at radius 2 is 1.41 bits per heavy atom. The number of hydrogen-bond donors (Lipinski definition) is 1. The lowest BCUT2D eigenvalue weighted by Gasteiger charge is -2.41. The highest BCUT2D eigenvalue weighted by Crippen LogP contribution is 2.44. The van der Waals surface area contributed by atoms with Crippen molar-refractivity contribution < 1.29 is 28.9 Å². The van der Waals surface area contributed by atoms with Crippen LogP contribution in [0.1, 0.15) is 62.3 Å². The highest BCUT2D eigenvalue weighted by atomic mass is 32.2. The van der Waals surface area contributed by atoms with Crippen LogP contribution in [0.3, 0.4) is 0 Å². The van der Waals surface area contributed by atoms with Crippen molar-refractivity contribution in [2.75, 3.05) is 12.9 Å². The summed E-state index contributed by atoms with van der Waals surface area (Å²) in [6.07, 6.45) is -0.993. The van der Waals surface area contributed by atoms with E-state index in [1.807, 2.05) is 84.9 Å². The summed E-state index contributed by atoms with van der Waals surface area (Å²) in [6.45, 7) is 2.33. The molecule has 0 bridgehead atoms. The number of fused-ring (bicyclic) bond motifs is 1. The molecule has 0 saturated carbocycles.